The van der Waals surface area contributed by atoms with Gasteiger partial charge in [0.1, 0.15) is 5.03 Å². The second kappa shape index (κ2) is 5.16. The van der Waals surface area contributed by atoms with Gasteiger partial charge in [-0.05, 0) is 44.0 Å². The molecule has 0 aliphatic heterocycles. The van der Waals surface area contributed by atoms with E-state index in [9.17, 15) is 0 Å². The summed E-state index contributed by atoms with van der Waals surface area (Å²) in [7, 11) is 0. The minimum atomic E-state index is 0.657. The summed E-state index contributed by atoms with van der Waals surface area (Å²) < 4.78 is 1.87. The zero-order chi connectivity index (χ0) is 11.5. The van der Waals surface area contributed by atoms with Crippen molar-refractivity contribution < 1.29 is 0 Å². The smallest absolute Gasteiger partial charge is 0.115 e. The Labute approximate surface area is 114 Å². The van der Waals surface area contributed by atoms with Crippen LogP contribution in [0.3, 0.4) is 0 Å². The zero-order valence-electron chi connectivity index (χ0n) is 8.02. The molecule has 0 fully saturated rings. The number of pyridine rings is 2. The second-order valence-corrected chi connectivity index (χ2v) is 5.76. The van der Waals surface area contributed by atoms with E-state index in [2.05, 4.69) is 41.8 Å². The number of halogens is 2. The molecular formula is C10H7Br2N3S. The van der Waals surface area contributed by atoms with E-state index in [0.717, 1.165) is 18.9 Å². The molecule has 2 heterocycles. The minimum Gasteiger partial charge on any atom is -0.397 e. The van der Waals surface area contributed by atoms with Crippen LogP contribution in [-0.2, 0) is 0 Å². The maximum absolute atomic E-state index is 5.81. The van der Waals surface area contributed by atoms with Gasteiger partial charge >= 0.3 is 0 Å². The number of anilines is 1. The second-order valence-electron chi connectivity index (χ2n) is 2.96. The molecule has 2 aromatic rings. The van der Waals surface area contributed by atoms with Crippen LogP contribution in [0.25, 0.3) is 0 Å². The monoisotopic (exact) mass is 359 g/mol. The lowest BCUT2D eigenvalue weighted by molar-refractivity contribution is 1.10. The van der Waals surface area contributed by atoms with Gasteiger partial charge in [0.15, 0.2) is 0 Å². The quantitative estimate of drug-likeness (QED) is 0.886. The molecule has 0 saturated heterocycles. The van der Waals surface area contributed by atoms with Crippen LogP contribution in [0.15, 0.2) is 49.6 Å². The van der Waals surface area contributed by atoms with Crippen LogP contribution in [0.2, 0.25) is 0 Å². The highest BCUT2D eigenvalue weighted by atomic mass is 79.9. The molecule has 0 aliphatic rings. The van der Waals surface area contributed by atoms with E-state index in [-0.39, 0.29) is 0 Å². The van der Waals surface area contributed by atoms with Gasteiger partial charge in [-0.2, -0.15) is 0 Å². The molecule has 2 aromatic heterocycles. The lowest BCUT2D eigenvalue weighted by atomic mass is 10.4. The number of rotatable bonds is 2. The molecule has 0 aromatic carbocycles. The Balaban J connectivity index is 2.31. The molecule has 6 heteroatoms. The molecule has 0 atom stereocenters. The van der Waals surface area contributed by atoms with Gasteiger partial charge in [-0.1, -0.05) is 11.8 Å². The fourth-order valence-electron chi connectivity index (χ4n) is 1.07. The molecule has 0 spiro atoms. The average Bonchev–Trinajstić information content (AvgIpc) is 2.25. The van der Waals surface area contributed by atoms with E-state index >= 15 is 0 Å². The Hall–Kier alpha value is -0.590. The fourth-order valence-corrected chi connectivity index (χ4v) is 3.07. The van der Waals surface area contributed by atoms with Gasteiger partial charge in [0.2, 0.25) is 0 Å². The SMILES string of the molecule is Nc1cnccc1Sc1ncc(Br)cc1Br. The normalized spacial score (nSPS) is 10.4. The van der Waals surface area contributed by atoms with Crippen LogP contribution < -0.4 is 5.73 Å². The van der Waals surface area contributed by atoms with Crippen molar-refractivity contribution in [2.24, 2.45) is 0 Å². The average molecular weight is 361 g/mol. The van der Waals surface area contributed by atoms with Gasteiger partial charge in [0.05, 0.1) is 16.4 Å². The first-order valence-corrected chi connectivity index (χ1v) is 6.75. The van der Waals surface area contributed by atoms with E-state index in [1.165, 1.54) is 11.8 Å². The summed E-state index contributed by atoms with van der Waals surface area (Å²) in [5.41, 5.74) is 6.47. The molecule has 0 bridgehead atoms. The van der Waals surface area contributed by atoms with Crippen molar-refractivity contribution in [3.63, 3.8) is 0 Å². The van der Waals surface area contributed by atoms with Crippen LogP contribution >= 0.6 is 43.6 Å². The third kappa shape index (κ3) is 2.75. The molecular weight excluding hydrogens is 354 g/mol. The van der Waals surface area contributed by atoms with E-state index < -0.39 is 0 Å². The van der Waals surface area contributed by atoms with Crippen molar-refractivity contribution in [3.8, 4) is 0 Å². The lowest BCUT2D eigenvalue weighted by Crippen LogP contribution is -1.90. The highest BCUT2D eigenvalue weighted by Gasteiger charge is 2.06. The molecule has 82 valence electrons. The maximum atomic E-state index is 5.81. The van der Waals surface area contributed by atoms with Gasteiger partial charge in [-0.25, -0.2) is 4.98 Å². The molecule has 0 aliphatic carbocycles. The molecule has 0 amide bonds. The number of nitrogen functional groups attached to an aromatic ring is 1. The third-order valence-corrected chi connectivity index (χ3v) is 4.20. The molecule has 2 rings (SSSR count). The summed E-state index contributed by atoms with van der Waals surface area (Å²) in [6.07, 6.45) is 5.10. The topological polar surface area (TPSA) is 51.8 Å². The largest absolute Gasteiger partial charge is 0.397 e. The Morgan fingerprint density at radius 2 is 2.06 bits per heavy atom. The van der Waals surface area contributed by atoms with Gasteiger partial charge in [-0.15, -0.1) is 0 Å². The van der Waals surface area contributed by atoms with E-state index in [1.807, 2.05) is 12.1 Å². The predicted molar refractivity (Wildman–Crippen MR) is 72.4 cm³/mol. The summed E-state index contributed by atoms with van der Waals surface area (Å²) in [5.74, 6) is 0. The molecule has 2 N–H and O–H groups in total. The van der Waals surface area contributed by atoms with Crippen molar-refractivity contribution in [2.45, 2.75) is 9.92 Å². The van der Waals surface area contributed by atoms with Gasteiger partial charge < -0.3 is 5.73 Å². The van der Waals surface area contributed by atoms with E-state index in [0.29, 0.717) is 5.69 Å². The van der Waals surface area contributed by atoms with Gasteiger partial charge in [0.25, 0.3) is 0 Å². The van der Waals surface area contributed by atoms with Crippen molar-refractivity contribution in [1.82, 2.24) is 9.97 Å². The highest BCUT2D eigenvalue weighted by Crippen LogP contribution is 2.35. The minimum absolute atomic E-state index is 0.657. The van der Waals surface area contributed by atoms with E-state index in [1.54, 1.807) is 18.6 Å². The number of nitrogens with zero attached hydrogens (tertiary/aromatic N) is 2. The van der Waals surface area contributed by atoms with Crippen LogP contribution in [-0.4, -0.2) is 9.97 Å². The number of aromatic nitrogens is 2. The lowest BCUT2D eigenvalue weighted by Gasteiger charge is -2.05. The van der Waals surface area contributed by atoms with Gasteiger partial charge in [-0.3, -0.25) is 4.98 Å². The van der Waals surface area contributed by atoms with Crippen molar-refractivity contribution in [1.29, 1.82) is 0 Å². The molecule has 0 saturated carbocycles. The van der Waals surface area contributed by atoms with Gasteiger partial charge in [0, 0.05) is 21.8 Å². The zero-order valence-corrected chi connectivity index (χ0v) is 12.0. The molecule has 3 nitrogen and oxygen atoms in total. The Bertz CT molecular complexity index is 519. The highest BCUT2D eigenvalue weighted by molar-refractivity contribution is 9.11. The number of nitrogens with two attached hydrogens (primary N) is 1. The van der Waals surface area contributed by atoms with Crippen LogP contribution in [0.1, 0.15) is 0 Å². The number of hydrogen-bond acceptors (Lipinski definition) is 4. The summed E-state index contributed by atoms with van der Waals surface area (Å²) in [6.45, 7) is 0. The first-order valence-electron chi connectivity index (χ1n) is 4.35. The maximum Gasteiger partial charge on any atom is 0.115 e. The molecule has 16 heavy (non-hydrogen) atoms. The van der Waals surface area contributed by atoms with Crippen molar-refractivity contribution in [3.05, 3.63) is 39.7 Å². The van der Waals surface area contributed by atoms with Crippen LogP contribution in [0.5, 0.6) is 0 Å². The summed E-state index contributed by atoms with van der Waals surface area (Å²) in [6, 6.07) is 3.82. The molecule has 0 radical (unpaired) electrons. The predicted octanol–water partition coefficient (Wildman–Crippen LogP) is 3.74. The Morgan fingerprint density at radius 1 is 1.25 bits per heavy atom. The number of hydrogen-bond donors (Lipinski definition) is 1. The third-order valence-electron chi connectivity index (χ3n) is 1.79. The standard InChI is InChI=1S/C10H7Br2N3S/c11-6-3-7(12)10(15-4-6)16-9-1-2-14-5-8(9)13/h1-5H,13H2. The fraction of sp³-hybridized carbons (Fsp3) is 0. The molecule has 0 unspecified atom stereocenters. The first kappa shape index (κ1) is 11.9. The van der Waals surface area contributed by atoms with Crippen LogP contribution in [0.4, 0.5) is 5.69 Å². The first-order chi connectivity index (χ1) is 7.66. The Kier molecular flexibility index (Phi) is 3.83. The summed E-state index contributed by atoms with van der Waals surface area (Å²) in [5, 5.41) is 0.876. The van der Waals surface area contributed by atoms with Crippen LogP contribution in [0, 0.1) is 0 Å². The summed E-state index contributed by atoms with van der Waals surface area (Å²) >= 11 is 8.32. The van der Waals surface area contributed by atoms with E-state index in [4.69, 9.17) is 5.73 Å². The summed E-state index contributed by atoms with van der Waals surface area (Å²) in [4.78, 5) is 9.20. The van der Waals surface area contributed by atoms with Crippen molar-refractivity contribution >= 4 is 49.3 Å². The Morgan fingerprint density at radius 3 is 2.75 bits per heavy atom. The van der Waals surface area contributed by atoms with Crippen molar-refractivity contribution in [2.75, 3.05) is 5.73 Å².